The predicted octanol–water partition coefficient (Wildman–Crippen LogP) is 5.04. The van der Waals surface area contributed by atoms with E-state index >= 15 is 4.39 Å². The Morgan fingerprint density at radius 1 is 0.933 bits per heavy atom. The van der Waals surface area contributed by atoms with Crippen LogP contribution < -0.4 is 30.7 Å². The lowest BCUT2D eigenvalue weighted by molar-refractivity contribution is -0.164. The molecule has 4 aliphatic rings. The molecular weight excluding hydrogens is 789 g/mol. The number of aromatic nitrogens is 3. The van der Waals surface area contributed by atoms with Crippen molar-refractivity contribution in [1.82, 2.24) is 30.5 Å². The van der Waals surface area contributed by atoms with Crippen molar-refractivity contribution >= 4 is 51.6 Å². The maximum absolute atomic E-state index is 16.3. The van der Waals surface area contributed by atoms with E-state index in [9.17, 15) is 24.4 Å². The molecule has 1 aromatic heterocycles. The Bertz CT molecular complexity index is 2420. The van der Waals surface area contributed by atoms with Crippen molar-refractivity contribution in [2.45, 2.75) is 77.2 Å². The fraction of sp³-hybridized carbons (Fsp3) is 0.477. The van der Waals surface area contributed by atoms with Gasteiger partial charge in [-0.05, 0) is 61.0 Å². The fourth-order valence-corrected chi connectivity index (χ4v) is 10.1. The van der Waals surface area contributed by atoms with E-state index in [1.807, 2.05) is 30.3 Å². The number of benzene rings is 3. The quantitative estimate of drug-likeness (QED) is 0.217. The number of alkyl halides is 1. The fourth-order valence-electron chi connectivity index (χ4n) is 9.88. The van der Waals surface area contributed by atoms with Crippen molar-refractivity contribution in [1.29, 1.82) is 5.26 Å². The lowest BCUT2D eigenvalue weighted by atomic mass is 9.49. The zero-order valence-electron chi connectivity index (χ0n) is 34.2. The molecule has 314 valence electrons. The van der Waals surface area contributed by atoms with E-state index in [2.05, 4.69) is 69.4 Å². The van der Waals surface area contributed by atoms with Gasteiger partial charge in [-0.25, -0.2) is 4.39 Å². The molecule has 8 rings (SSSR count). The van der Waals surface area contributed by atoms with Crippen molar-refractivity contribution in [3.63, 3.8) is 0 Å². The molecule has 2 N–H and O–H groups in total. The number of rotatable bonds is 9. The van der Waals surface area contributed by atoms with Crippen LogP contribution in [0.2, 0.25) is 5.02 Å². The zero-order chi connectivity index (χ0) is 42.6. The largest absolute Gasteiger partial charge is 0.489 e. The minimum atomic E-state index is -1.35. The molecular formula is C44H49ClFN9O5. The Balaban J connectivity index is 0.817. The van der Waals surface area contributed by atoms with Gasteiger partial charge >= 0.3 is 0 Å². The summed E-state index contributed by atoms with van der Waals surface area (Å²) in [4.78, 5) is 57.5. The summed E-state index contributed by atoms with van der Waals surface area (Å²) in [6.45, 7) is 12.5. The molecule has 3 saturated heterocycles. The molecule has 1 saturated carbocycles. The normalized spacial score (nSPS) is 23.6. The highest BCUT2D eigenvalue weighted by atomic mass is 35.5. The van der Waals surface area contributed by atoms with Gasteiger partial charge in [-0.1, -0.05) is 44.5 Å². The molecule has 14 nitrogen and oxygen atoms in total. The Morgan fingerprint density at radius 2 is 1.60 bits per heavy atom. The number of piperidine rings is 2. The number of amides is 3. The third-order valence-corrected chi connectivity index (χ3v) is 13.3. The Kier molecular flexibility index (Phi) is 10.8. The van der Waals surface area contributed by atoms with Gasteiger partial charge in [-0.15, -0.1) is 5.10 Å². The molecule has 0 bridgehead atoms. The van der Waals surface area contributed by atoms with Crippen molar-refractivity contribution in [2.24, 2.45) is 10.8 Å². The summed E-state index contributed by atoms with van der Waals surface area (Å²) in [5, 5.41) is 23.5. The predicted molar refractivity (Wildman–Crippen MR) is 225 cm³/mol. The minimum Gasteiger partial charge on any atom is -0.489 e. The molecule has 3 aromatic carbocycles. The van der Waals surface area contributed by atoms with Gasteiger partial charge in [0.1, 0.15) is 35.2 Å². The number of fused-ring (bicyclic) bond motifs is 1. The average molecular weight is 838 g/mol. The number of carbonyl (C=O) groups is 3. The van der Waals surface area contributed by atoms with Crippen molar-refractivity contribution in [2.75, 3.05) is 55.6 Å². The van der Waals surface area contributed by atoms with Crippen LogP contribution >= 0.6 is 11.6 Å². The van der Waals surface area contributed by atoms with Crippen LogP contribution in [0.3, 0.4) is 0 Å². The van der Waals surface area contributed by atoms with E-state index in [4.69, 9.17) is 16.3 Å². The van der Waals surface area contributed by atoms with E-state index in [0.717, 1.165) is 29.1 Å². The standard InChI is InChI=1S/C44H49ClFN9O5/c1-42(2)40(43(3,4)41(42)60-31-11-7-28(25-47)33(45)24-31)49-37(57)27-5-8-29(9-6-27)54-21-19-52(20-22-54)26-44(46)15-17-53(18-16-44)30-10-12-34-32(23-30)39(59)55(51-50-34)35-13-14-36(56)48-38(35)58/h5-12,23-24,35,40-41H,13-22,26H2,1-4H3,(H,49,57)(H,48,56,58)/t35?,40-,41-. The molecule has 1 unspecified atom stereocenters. The van der Waals surface area contributed by atoms with Gasteiger partial charge in [0.2, 0.25) is 5.91 Å². The van der Waals surface area contributed by atoms with Crippen LogP contribution in [0.5, 0.6) is 5.75 Å². The molecule has 4 fully saturated rings. The number of nitrogens with one attached hydrogen (secondary N) is 2. The van der Waals surface area contributed by atoms with E-state index < -0.39 is 23.2 Å². The first-order chi connectivity index (χ1) is 28.6. The number of imide groups is 1. The Hall–Kier alpha value is -5.59. The van der Waals surface area contributed by atoms with Gasteiger partial charge in [0.25, 0.3) is 17.4 Å². The maximum Gasteiger partial charge on any atom is 0.278 e. The van der Waals surface area contributed by atoms with Crippen LogP contribution in [0.25, 0.3) is 10.9 Å². The van der Waals surface area contributed by atoms with Crippen molar-refractivity contribution in [3.05, 3.63) is 87.2 Å². The molecule has 16 heteroatoms. The maximum atomic E-state index is 16.3. The summed E-state index contributed by atoms with van der Waals surface area (Å²) < 4.78 is 23.7. The summed E-state index contributed by atoms with van der Waals surface area (Å²) in [5.74, 6) is -0.519. The summed E-state index contributed by atoms with van der Waals surface area (Å²) in [6.07, 6.45) is 0.782. The van der Waals surface area contributed by atoms with Crippen molar-refractivity contribution in [3.8, 4) is 11.8 Å². The van der Waals surface area contributed by atoms with Crippen LogP contribution in [0.4, 0.5) is 15.8 Å². The van der Waals surface area contributed by atoms with Crippen LogP contribution in [0, 0.1) is 22.2 Å². The summed E-state index contributed by atoms with van der Waals surface area (Å²) in [7, 11) is 0. The highest BCUT2D eigenvalue weighted by Crippen LogP contribution is 2.55. The van der Waals surface area contributed by atoms with E-state index in [0.29, 0.717) is 78.4 Å². The monoisotopic (exact) mass is 837 g/mol. The number of halogens is 2. The van der Waals surface area contributed by atoms with E-state index in [1.54, 1.807) is 30.3 Å². The molecule has 1 atom stereocenters. The van der Waals surface area contributed by atoms with Gasteiger partial charge in [-0.2, -0.15) is 9.94 Å². The second-order valence-corrected chi connectivity index (χ2v) is 18.2. The van der Waals surface area contributed by atoms with Crippen molar-refractivity contribution < 1.29 is 23.5 Å². The molecule has 0 radical (unpaired) electrons. The third kappa shape index (κ3) is 7.78. The summed E-state index contributed by atoms with van der Waals surface area (Å²) in [5.41, 5.74) is 0.589. The lowest BCUT2D eigenvalue weighted by Gasteiger charge is -2.63. The van der Waals surface area contributed by atoms with Gasteiger partial charge < -0.3 is 19.9 Å². The molecule has 4 aromatic rings. The van der Waals surface area contributed by atoms with Gasteiger partial charge in [0.05, 0.1) is 16.0 Å². The first kappa shape index (κ1) is 41.2. The Labute approximate surface area is 352 Å². The lowest BCUT2D eigenvalue weighted by Crippen LogP contribution is -2.74. The van der Waals surface area contributed by atoms with Gasteiger partial charge in [0.15, 0.2) is 0 Å². The average Bonchev–Trinajstić information content (AvgIpc) is 3.22. The number of anilines is 2. The zero-order valence-corrected chi connectivity index (χ0v) is 35.0. The minimum absolute atomic E-state index is 0.117. The van der Waals surface area contributed by atoms with Crippen LogP contribution in [-0.2, 0) is 9.59 Å². The number of carbonyl (C=O) groups excluding carboxylic acids is 3. The van der Waals surface area contributed by atoms with Crippen LogP contribution in [0.15, 0.2) is 65.5 Å². The summed E-state index contributed by atoms with van der Waals surface area (Å²) in [6, 6.07) is 19.0. The number of hydrogen-bond acceptors (Lipinski definition) is 11. The number of ether oxygens (including phenoxy) is 1. The topological polar surface area (TPSA) is 166 Å². The smallest absolute Gasteiger partial charge is 0.278 e. The van der Waals surface area contributed by atoms with E-state index in [-0.39, 0.29) is 47.6 Å². The number of nitriles is 1. The highest BCUT2D eigenvalue weighted by molar-refractivity contribution is 6.31. The molecule has 1 aliphatic carbocycles. The van der Waals surface area contributed by atoms with Crippen LogP contribution in [-0.4, -0.2) is 101 Å². The Morgan fingerprint density at radius 3 is 2.25 bits per heavy atom. The second kappa shape index (κ2) is 15.8. The van der Waals surface area contributed by atoms with E-state index in [1.165, 1.54) is 0 Å². The second-order valence-electron chi connectivity index (χ2n) is 17.8. The SMILES string of the molecule is CC1(C)[C@H](NC(=O)c2ccc(N3CCN(CC4(F)CCN(c5ccc6nnn(C7CCC(=O)NC7=O)c(=O)c6c5)CC4)CC3)cc2)C(C)(C)[C@H]1Oc1ccc(C#N)c(Cl)c1. The molecule has 4 heterocycles. The van der Waals surface area contributed by atoms with Crippen LogP contribution in [0.1, 0.15) is 75.3 Å². The first-order valence-electron chi connectivity index (χ1n) is 20.5. The highest BCUT2D eigenvalue weighted by Gasteiger charge is 2.64. The molecule has 60 heavy (non-hydrogen) atoms. The molecule has 0 spiro atoms. The molecule has 3 aliphatic heterocycles. The number of hydrogen-bond donors (Lipinski definition) is 2. The number of nitrogens with zero attached hydrogens (tertiary/aromatic N) is 7. The molecule has 3 amide bonds. The number of piperazine rings is 1. The van der Waals surface area contributed by atoms with Gasteiger partial charge in [0, 0.05) is 105 Å². The summed E-state index contributed by atoms with van der Waals surface area (Å²) >= 11 is 6.25. The third-order valence-electron chi connectivity index (χ3n) is 13.0. The first-order valence-corrected chi connectivity index (χ1v) is 20.9. The van der Waals surface area contributed by atoms with Gasteiger partial charge in [-0.3, -0.25) is 29.4 Å².